The Hall–Kier alpha value is -1.82. The lowest BCUT2D eigenvalue weighted by Crippen LogP contribution is -2.68. The molecule has 6 heteroatoms. The molecule has 4 rings (SSSR count). The molecule has 5 nitrogen and oxygen atoms in total. The Bertz CT molecular complexity index is 699. The van der Waals surface area contributed by atoms with Crippen LogP contribution >= 0.6 is 0 Å². The molecule has 2 saturated heterocycles. The highest BCUT2D eigenvalue weighted by Gasteiger charge is 2.59. The van der Waals surface area contributed by atoms with Crippen LogP contribution < -0.4 is 10.2 Å². The Kier molecular flexibility index (Phi) is 5.01. The van der Waals surface area contributed by atoms with E-state index in [9.17, 15) is 4.39 Å². The molecule has 1 aromatic rings. The van der Waals surface area contributed by atoms with Gasteiger partial charge in [-0.1, -0.05) is 26.0 Å². The van der Waals surface area contributed by atoms with E-state index in [2.05, 4.69) is 35.9 Å². The molecule has 3 fully saturated rings. The van der Waals surface area contributed by atoms with E-state index in [-0.39, 0.29) is 11.2 Å². The molecular formula is C21H31FN4O. The van der Waals surface area contributed by atoms with Crippen molar-refractivity contribution >= 4 is 11.6 Å². The minimum Gasteiger partial charge on any atom is -0.377 e. The summed E-state index contributed by atoms with van der Waals surface area (Å²) in [6.45, 7) is 11.6. The van der Waals surface area contributed by atoms with Gasteiger partial charge in [-0.05, 0) is 25.5 Å². The fraction of sp³-hybridized carbons (Fsp3) is 0.667. The standard InChI is InChI=1S/C21H31FN4O/c1-4-23-20(24-18-15-9-14-27-19(15)21(18,2)3)26-12-10-25(11-13-26)17-8-6-5-7-16(17)22/h5-8,15,18-19H,4,9-14H2,1-3H3,(H,23,24). The molecule has 3 aliphatic rings. The minimum atomic E-state index is -0.144. The van der Waals surface area contributed by atoms with E-state index in [4.69, 9.17) is 9.73 Å². The summed E-state index contributed by atoms with van der Waals surface area (Å²) in [6, 6.07) is 7.44. The molecule has 2 aliphatic heterocycles. The molecule has 148 valence electrons. The topological polar surface area (TPSA) is 40.1 Å². The Labute approximate surface area is 161 Å². The van der Waals surface area contributed by atoms with E-state index in [1.54, 1.807) is 6.07 Å². The Balaban J connectivity index is 1.41. The third-order valence-corrected chi connectivity index (χ3v) is 6.47. The SMILES string of the molecule is CCN=C(NC1C2CCOC2C1(C)C)N1CCN(c2ccccc2F)CC1. The number of hydrogen-bond acceptors (Lipinski definition) is 3. The molecule has 1 N–H and O–H groups in total. The Morgan fingerprint density at radius 3 is 2.70 bits per heavy atom. The summed E-state index contributed by atoms with van der Waals surface area (Å²) in [4.78, 5) is 9.21. The zero-order chi connectivity index (χ0) is 19.0. The molecule has 3 atom stereocenters. The van der Waals surface area contributed by atoms with E-state index in [1.165, 1.54) is 6.07 Å². The summed E-state index contributed by atoms with van der Waals surface area (Å²) >= 11 is 0. The van der Waals surface area contributed by atoms with Crippen molar-refractivity contribution in [2.24, 2.45) is 16.3 Å². The van der Waals surface area contributed by atoms with Crippen molar-refractivity contribution in [1.82, 2.24) is 10.2 Å². The van der Waals surface area contributed by atoms with Gasteiger partial charge in [-0.2, -0.15) is 0 Å². The maximum absolute atomic E-state index is 14.1. The van der Waals surface area contributed by atoms with Gasteiger partial charge in [0.05, 0.1) is 11.8 Å². The Morgan fingerprint density at radius 2 is 2.00 bits per heavy atom. The number of aliphatic imine (C=N–C) groups is 1. The van der Waals surface area contributed by atoms with Crippen LogP contribution in [0.2, 0.25) is 0 Å². The van der Waals surface area contributed by atoms with Gasteiger partial charge in [0.25, 0.3) is 0 Å². The number of halogens is 1. The first-order valence-corrected chi connectivity index (χ1v) is 10.2. The predicted molar refractivity (Wildman–Crippen MR) is 107 cm³/mol. The molecule has 1 saturated carbocycles. The quantitative estimate of drug-likeness (QED) is 0.652. The lowest BCUT2D eigenvalue weighted by atomic mass is 9.57. The van der Waals surface area contributed by atoms with Crippen LogP contribution in [-0.4, -0.2) is 62.3 Å². The lowest BCUT2D eigenvalue weighted by Gasteiger charge is -2.55. The second-order valence-corrected chi connectivity index (χ2v) is 8.41. The van der Waals surface area contributed by atoms with Crippen LogP contribution in [0, 0.1) is 17.2 Å². The molecule has 0 amide bonds. The van der Waals surface area contributed by atoms with E-state index in [0.29, 0.717) is 23.8 Å². The van der Waals surface area contributed by atoms with Gasteiger partial charge in [-0.15, -0.1) is 0 Å². The molecule has 27 heavy (non-hydrogen) atoms. The number of nitrogens with one attached hydrogen (secondary N) is 1. The molecule has 0 bridgehead atoms. The highest BCUT2D eigenvalue weighted by molar-refractivity contribution is 5.81. The number of hydrogen-bond donors (Lipinski definition) is 1. The summed E-state index contributed by atoms with van der Waals surface area (Å²) < 4.78 is 20.0. The van der Waals surface area contributed by atoms with Gasteiger partial charge in [0.1, 0.15) is 5.82 Å². The van der Waals surface area contributed by atoms with Crippen molar-refractivity contribution in [2.45, 2.75) is 39.3 Å². The van der Waals surface area contributed by atoms with E-state index >= 15 is 0 Å². The van der Waals surface area contributed by atoms with Crippen LogP contribution in [0.15, 0.2) is 29.3 Å². The monoisotopic (exact) mass is 374 g/mol. The predicted octanol–water partition coefficient (Wildman–Crippen LogP) is 2.73. The van der Waals surface area contributed by atoms with Crippen LogP contribution in [0.5, 0.6) is 0 Å². The number of fused-ring (bicyclic) bond motifs is 1. The molecule has 1 aromatic carbocycles. The second-order valence-electron chi connectivity index (χ2n) is 8.41. The number of anilines is 1. The van der Waals surface area contributed by atoms with Crippen LogP contribution in [-0.2, 0) is 4.74 Å². The summed E-state index contributed by atoms with van der Waals surface area (Å²) in [6.07, 6.45) is 1.50. The zero-order valence-corrected chi connectivity index (χ0v) is 16.6. The number of ether oxygens (including phenoxy) is 1. The molecule has 3 unspecified atom stereocenters. The molecule has 0 aromatic heterocycles. The third kappa shape index (κ3) is 3.28. The number of para-hydroxylation sites is 1. The summed E-state index contributed by atoms with van der Waals surface area (Å²) in [5.74, 6) is 1.44. The van der Waals surface area contributed by atoms with Crippen molar-refractivity contribution in [1.29, 1.82) is 0 Å². The average Bonchev–Trinajstić information content (AvgIpc) is 3.13. The molecule has 2 heterocycles. The largest absolute Gasteiger partial charge is 0.377 e. The van der Waals surface area contributed by atoms with E-state index in [0.717, 1.165) is 51.7 Å². The number of nitrogens with zero attached hydrogens (tertiary/aromatic N) is 3. The van der Waals surface area contributed by atoms with Gasteiger partial charge in [0, 0.05) is 56.7 Å². The van der Waals surface area contributed by atoms with Gasteiger partial charge >= 0.3 is 0 Å². The minimum absolute atomic E-state index is 0.130. The number of piperazine rings is 1. The van der Waals surface area contributed by atoms with Crippen molar-refractivity contribution in [2.75, 3.05) is 44.2 Å². The van der Waals surface area contributed by atoms with Crippen molar-refractivity contribution < 1.29 is 9.13 Å². The van der Waals surface area contributed by atoms with Crippen molar-refractivity contribution in [3.05, 3.63) is 30.1 Å². The summed E-state index contributed by atoms with van der Waals surface area (Å²) in [5.41, 5.74) is 0.829. The number of rotatable bonds is 3. The van der Waals surface area contributed by atoms with Crippen molar-refractivity contribution in [3.8, 4) is 0 Å². The highest BCUT2D eigenvalue weighted by atomic mass is 19.1. The van der Waals surface area contributed by atoms with Crippen LogP contribution in [0.4, 0.5) is 10.1 Å². The normalized spacial score (nSPS) is 30.1. The van der Waals surface area contributed by atoms with Gasteiger partial charge < -0.3 is 19.9 Å². The fourth-order valence-corrected chi connectivity index (χ4v) is 5.01. The lowest BCUT2D eigenvalue weighted by molar-refractivity contribution is -0.107. The first-order chi connectivity index (χ1) is 13.0. The van der Waals surface area contributed by atoms with E-state index in [1.807, 2.05) is 12.1 Å². The van der Waals surface area contributed by atoms with Crippen LogP contribution in [0.3, 0.4) is 0 Å². The van der Waals surface area contributed by atoms with Gasteiger partial charge in [-0.25, -0.2) is 4.39 Å². The first-order valence-electron chi connectivity index (χ1n) is 10.2. The summed E-state index contributed by atoms with van der Waals surface area (Å²) in [5, 5.41) is 3.76. The van der Waals surface area contributed by atoms with Gasteiger partial charge in [-0.3, -0.25) is 4.99 Å². The van der Waals surface area contributed by atoms with Gasteiger partial charge in [0.15, 0.2) is 5.96 Å². The maximum atomic E-state index is 14.1. The first kappa shape index (κ1) is 18.5. The molecular weight excluding hydrogens is 343 g/mol. The second kappa shape index (κ2) is 7.30. The average molecular weight is 375 g/mol. The third-order valence-electron chi connectivity index (χ3n) is 6.47. The summed E-state index contributed by atoms with van der Waals surface area (Å²) in [7, 11) is 0. The highest BCUT2D eigenvalue weighted by Crippen LogP contribution is 2.52. The fourth-order valence-electron chi connectivity index (χ4n) is 5.01. The number of benzene rings is 1. The van der Waals surface area contributed by atoms with Gasteiger partial charge in [0.2, 0.25) is 0 Å². The Morgan fingerprint density at radius 1 is 1.26 bits per heavy atom. The van der Waals surface area contributed by atoms with Crippen LogP contribution in [0.25, 0.3) is 0 Å². The van der Waals surface area contributed by atoms with E-state index < -0.39 is 0 Å². The molecule has 0 spiro atoms. The molecule has 0 radical (unpaired) electrons. The van der Waals surface area contributed by atoms with Crippen LogP contribution in [0.1, 0.15) is 27.2 Å². The zero-order valence-electron chi connectivity index (χ0n) is 16.6. The van der Waals surface area contributed by atoms with Crippen molar-refractivity contribution in [3.63, 3.8) is 0 Å². The maximum Gasteiger partial charge on any atom is 0.194 e. The number of guanidine groups is 1. The molecule has 1 aliphatic carbocycles. The smallest absolute Gasteiger partial charge is 0.194 e.